The van der Waals surface area contributed by atoms with E-state index in [4.69, 9.17) is 17.3 Å². The number of piperidine rings is 1. The number of rotatable bonds is 3. The highest BCUT2D eigenvalue weighted by atomic mass is 35.5. The van der Waals surface area contributed by atoms with Crippen molar-refractivity contribution in [2.24, 2.45) is 11.7 Å². The maximum absolute atomic E-state index is 6.35. The predicted molar refractivity (Wildman–Crippen MR) is 87.4 cm³/mol. The molecule has 20 heavy (non-hydrogen) atoms. The molecule has 2 heterocycles. The Hall–Kier alpha value is -0.0900. The number of likely N-dealkylation sites (tertiary alicyclic amines) is 1. The van der Waals surface area contributed by atoms with Crippen LogP contribution in [-0.2, 0) is 0 Å². The molecular weight excluding hydrogens is 288 g/mol. The Morgan fingerprint density at radius 1 is 1.25 bits per heavy atom. The van der Waals surface area contributed by atoms with E-state index in [9.17, 15) is 0 Å². The summed E-state index contributed by atoms with van der Waals surface area (Å²) < 4.78 is 0.878. The van der Waals surface area contributed by atoms with Gasteiger partial charge in [-0.3, -0.25) is 4.90 Å². The van der Waals surface area contributed by atoms with Crippen molar-refractivity contribution in [3.05, 3.63) is 21.3 Å². The highest BCUT2D eigenvalue weighted by Gasteiger charge is 2.38. The highest BCUT2D eigenvalue weighted by Crippen LogP contribution is 2.42. The van der Waals surface area contributed by atoms with Gasteiger partial charge in [-0.2, -0.15) is 0 Å². The molecule has 2 nitrogen and oxygen atoms in total. The molecule has 4 heteroatoms. The number of hydrogen-bond acceptors (Lipinski definition) is 3. The van der Waals surface area contributed by atoms with Crippen LogP contribution in [0.3, 0.4) is 0 Å². The Kier molecular flexibility index (Phi) is 4.71. The van der Waals surface area contributed by atoms with Gasteiger partial charge in [0.25, 0.3) is 0 Å². The molecule has 112 valence electrons. The summed E-state index contributed by atoms with van der Waals surface area (Å²) in [7, 11) is 0. The van der Waals surface area contributed by atoms with E-state index in [1.165, 1.54) is 49.9 Å². The average molecular weight is 313 g/mol. The molecule has 0 aromatic carbocycles. The van der Waals surface area contributed by atoms with Crippen molar-refractivity contribution < 1.29 is 0 Å². The first-order valence-electron chi connectivity index (χ1n) is 7.93. The van der Waals surface area contributed by atoms with Gasteiger partial charge in [-0.1, -0.05) is 24.4 Å². The number of hydrogen-bond donors (Lipinski definition) is 1. The van der Waals surface area contributed by atoms with Crippen LogP contribution in [0.25, 0.3) is 0 Å². The van der Waals surface area contributed by atoms with E-state index in [-0.39, 0.29) is 6.04 Å². The number of halogens is 1. The van der Waals surface area contributed by atoms with E-state index < -0.39 is 0 Å². The largest absolute Gasteiger partial charge is 0.326 e. The lowest BCUT2D eigenvalue weighted by Gasteiger charge is -2.48. The van der Waals surface area contributed by atoms with E-state index in [2.05, 4.69) is 17.9 Å². The number of nitrogens with zero attached hydrogens (tertiary/aromatic N) is 1. The fourth-order valence-electron chi connectivity index (χ4n) is 4.22. The molecule has 1 aliphatic carbocycles. The summed E-state index contributed by atoms with van der Waals surface area (Å²) in [5, 5.41) is 0. The molecular formula is C16H25ClN2S. The molecule has 0 amide bonds. The van der Waals surface area contributed by atoms with Crippen LogP contribution in [0.5, 0.6) is 0 Å². The number of nitrogens with two attached hydrogens (primary N) is 1. The number of thiophene rings is 1. The quantitative estimate of drug-likeness (QED) is 0.893. The molecule has 4 atom stereocenters. The SMILES string of the molecule is CC(N)C(c1ccc(Cl)s1)N1CCC[C@H]2CCCC[C@H]21. The van der Waals surface area contributed by atoms with Crippen molar-refractivity contribution in [3.8, 4) is 0 Å². The smallest absolute Gasteiger partial charge is 0.0931 e. The molecule has 2 N–H and O–H groups in total. The zero-order valence-electron chi connectivity index (χ0n) is 12.2. The normalized spacial score (nSPS) is 30.8. The first-order valence-corrected chi connectivity index (χ1v) is 9.13. The summed E-state index contributed by atoms with van der Waals surface area (Å²) >= 11 is 7.85. The van der Waals surface area contributed by atoms with Crippen molar-refractivity contribution in [1.29, 1.82) is 0 Å². The van der Waals surface area contributed by atoms with Gasteiger partial charge in [0.2, 0.25) is 0 Å². The fourth-order valence-corrected chi connectivity index (χ4v) is 5.52. The molecule has 2 unspecified atom stereocenters. The molecule has 2 aliphatic rings. The molecule has 2 fully saturated rings. The van der Waals surface area contributed by atoms with Crippen molar-refractivity contribution in [3.63, 3.8) is 0 Å². The predicted octanol–water partition coefficient (Wildman–Crippen LogP) is 4.44. The molecule has 1 aromatic heterocycles. The van der Waals surface area contributed by atoms with E-state index in [0.29, 0.717) is 6.04 Å². The van der Waals surface area contributed by atoms with Crippen molar-refractivity contribution >= 4 is 22.9 Å². The Labute approximate surface area is 131 Å². The van der Waals surface area contributed by atoms with Crippen LogP contribution in [-0.4, -0.2) is 23.5 Å². The minimum atomic E-state index is 0.158. The third-order valence-electron chi connectivity index (χ3n) is 5.03. The second-order valence-electron chi connectivity index (χ2n) is 6.44. The van der Waals surface area contributed by atoms with Crippen LogP contribution in [0.15, 0.2) is 12.1 Å². The second kappa shape index (κ2) is 6.35. The lowest BCUT2D eigenvalue weighted by atomic mass is 9.77. The maximum atomic E-state index is 6.35. The zero-order chi connectivity index (χ0) is 14.1. The highest BCUT2D eigenvalue weighted by molar-refractivity contribution is 7.16. The first kappa shape index (κ1) is 14.8. The maximum Gasteiger partial charge on any atom is 0.0931 e. The average Bonchev–Trinajstić information content (AvgIpc) is 2.85. The first-order chi connectivity index (χ1) is 9.66. The van der Waals surface area contributed by atoms with Gasteiger partial charge >= 0.3 is 0 Å². The third kappa shape index (κ3) is 2.92. The molecule has 0 bridgehead atoms. The summed E-state index contributed by atoms with van der Waals surface area (Å²) in [5.41, 5.74) is 6.35. The van der Waals surface area contributed by atoms with Crippen LogP contribution >= 0.6 is 22.9 Å². The van der Waals surface area contributed by atoms with Crippen LogP contribution in [0, 0.1) is 5.92 Å². The monoisotopic (exact) mass is 312 g/mol. The van der Waals surface area contributed by atoms with Crippen molar-refractivity contribution in [1.82, 2.24) is 4.90 Å². The van der Waals surface area contributed by atoms with Crippen LogP contribution in [0.4, 0.5) is 0 Å². The Morgan fingerprint density at radius 3 is 2.70 bits per heavy atom. The van der Waals surface area contributed by atoms with Gasteiger partial charge in [0.1, 0.15) is 0 Å². The van der Waals surface area contributed by atoms with E-state index in [1.54, 1.807) is 11.3 Å². The third-order valence-corrected chi connectivity index (χ3v) is 6.33. The van der Waals surface area contributed by atoms with E-state index >= 15 is 0 Å². The molecule has 1 saturated heterocycles. The van der Waals surface area contributed by atoms with Crippen LogP contribution in [0.1, 0.15) is 56.4 Å². The van der Waals surface area contributed by atoms with Gasteiger partial charge in [0.15, 0.2) is 0 Å². The lowest BCUT2D eigenvalue weighted by molar-refractivity contribution is 0.0191. The minimum Gasteiger partial charge on any atom is -0.326 e. The molecule has 0 radical (unpaired) electrons. The Balaban J connectivity index is 1.86. The topological polar surface area (TPSA) is 29.3 Å². The Bertz CT molecular complexity index is 443. The van der Waals surface area contributed by atoms with Crippen LogP contribution < -0.4 is 5.73 Å². The summed E-state index contributed by atoms with van der Waals surface area (Å²) in [5.74, 6) is 0.897. The van der Waals surface area contributed by atoms with Gasteiger partial charge in [0, 0.05) is 17.0 Å². The van der Waals surface area contributed by atoms with Crippen LogP contribution in [0.2, 0.25) is 4.34 Å². The van der Waals surface area contributed by atoms with Crippen molar-refractivity contribution in [2.45, 2.75) is 63.6 Å². The molecule has 1 saturated carbocycles. The summed E-state index contributed by atoms with van der Waals surface area (Å²) in [4.78, 5) is 4.05. The summed E-state index contributed by atoms with van der Waals surface area (Å²) in [6.45, 7) is 3.34. The molecule has 1 aliphatic heterocycles. The van der Waals surface area contributed by atoms with Gasteiger partial charge in [-0.15, -0.1) is 11.3 Å². The molecule has 1 aromatic rings. The number of fused-ring (bicyclic) bond motifs is 1. The van der Waals surface area contributed by atoms with E-state index in [1.807, 2.05) is 6.07 Å². The fraction of sp³-hybridized carbons (Fsp3) is 0.750. The summed E-state index contributed by atoms with van der Waals surface area (Å²) in [6, 6.07) is 5.44. The lowest BCUT2D eigenvalue weighted by Crippen LogP contribution is -2.51. The molecule has 3 rings (SSSR count). The standard InChI is InChI=1S/C16H25ClN2S/c1-11(18)16(14-8-9-15(17)20-14)19-10-4-6-12-5-2-3-7-13(12)19/h8-9,11-13,16H,2-7,10,18H2,1H3/t11?,12-,13-,16?/m1/s1. The van der Waals surface area contributed by atoms with E-state index in [0.717, 1.165) is 16.3 Å². The zero-order valence-corrected chi connectivity index (χ0v) is 13.8. The van der Waals surface area contributed by atoms with Gasteiger partial charge in [0.05, 0.1) is 10.4 Å². The Morgan fingerprint density at radius 2 is 2.00 bits per heavy atom. The van der Waals surface area contributed by atoms with Gasteiger partial charge in [-0.05, 0) is 57.2 Å². The second-order valence-corrected chi connectivity index (χ2v) is 8.18. The van der Waals surface area contributed by atoms with Gasteiger partial charge in [-0.25, -0.2) is 0 Å². The van der Waals surface area contributed by atoms with Crippen molar-refractivity contribution in [2.75, 3.05) is 6.54 Å². The van der Waals surface area contributed by atoms with Gasteiger partial charge < -0.3 is 5.73 Å². The summed E-state index contributed by atoms with van der Waals surface area (Å²) in [6.07, 6.45) is 8.31. The molecule has 0 spiro atoms. The minimum absolute atomic E-state index is 0.158.